The second-order valence-electron chi connectivity index (χ2n) is 3.22. The van der Waals surface area contributed by atoms with Crippen LogP contribution in [0.2, 0.25) is 0 Å². The van der Waals surface area contributed by atoms with Crippen LogP contribution in [0.4, 0.5) is 4.39 Å². The van der Waals surface area contributed by atoms with Gasteiger partial charge in [0.05, 0.1) is 12.8 Å². The SMILES string of the molecule is COc1nn(-c2cccc(F)c2)c(=O)n1C. The Morgan fingerprint density at radius 3 is 2.75 bits per heavy atom. The molecule has 1 heterocycles. The summed E-state index contributed by atoms with van der Waals surface area (Å²) in [7, 11) is 2.95. The van der Waals surface area contributed by atoms with Gasteiger partial charge in [-0.15, -0.1) is 5.10 Å². The molecule has 0 aliphatic heterocycles. The number of aromatic nitrogens is 3. The summed E-state index contributed by atoms with van der Waals surface area (Å²) in [6, 6.07) is 5.81. The third kappa shape index (κ3) is 1.58. The van der Waals surface area contributed by atoms with Gasteiger partial charge in [0.15, 0.2) is 0 Å². The smallest absolute Gasteiger partial charge is 0.353 e. The summed E-state index contributed by atoms with van der Waals surface area (Å²) in [6.45, 7) is 0. The highest BCUT2D eigenvalue weighted by Gasteiger charge is 2.11. The van der Waals surface area contributed by atoms with Crippen molar-refractivity contribution in [1.82, 2.24) is 14.3 Å². The van der Waals surface area contributed by atoms with Crippen LogP contribution in [-0.2, 0) is 7.05 Å². The number of halogens is 1. The molecule has 0 aliphatic rings. The molecule has 0 unspecified atom stereocenters. The van der Waals surface area contributed by atoms with E-state index in [1.165, 1.54) is 36.9 Å². The lowest BCUT2D eigenvalue weighted by Gasteiger charge is -1.97. The van der Waals surface area contributed by atoms with Gasteiger partial charge in [0.25, 0.3) is 0 Å². The van der Waals surface area contributed by atoms with Gasteiger partial charge in [-0.05, 0) is 18.2 Å². The minimum Gasteiger partial charge on any atom is -0.467 e. The third-order valence-corrected chi connectivity index (χ3v) is 2.18. The van der Waals surface area contributed by atoms with Crippen LogP contribution in [0.1, 0.15) is 0 Å². The van der Waals surface area contributed by atoms with E-state index in [-0.39, 0.29) is 11.7 Å². The summed E-state index contributed by atoms with van der Waals surface area (Å²) in [5.41, 5.74) is -0.0219. The predicted octanol–water partition coefficient (Wildman–Crippen LogP) is 0.719. The summed E-state index contributed by atoms with van der Waals surface area (Å²) in [5.74, 6) is -0.422. The Morgan fingerprint density at radius 1 is 1.44 bits per heavy atom. The van der Waals surface area contributed by atoms with Crippen molar-refractivity contribution in [2.45, 2.75) is 0 Å². The van der Waals surface area contributed by atoms with Crippen LogP contribution in [0.5, 0.6) is 6.01 Å². The maximum Gasteiger partial charge on any atom is 0.353 e. The molecule has 2 aromatic rings. The zero-order valence-corrected chi connectivity index (χ0v) is 8.85. The van der Waals surface area contributed by atoms with E-state index in [0.29, 0.717) is 5.69 Å². The van der Waals surface area contributed by atoms with Gasteiger partial charge in [0.2, 0.25) is 0 Å². The summed E-state index contributed by atoms with van der Waals surface area (Å²) in [5, 5.41) is 3.92. The van der Waals surface area contributed by atoms with Gasteiger partial charge in [-0.3, -0.25) is 0 Å². The Kier molecular flexibility index (Phi) is 2.47. The molecule has 0 fully saturated rings. The average molecular weight is 223 g/mol. The first kappa shape index (κ1) is 10.4. The monoisotopic (exact) mass is 223 g/mol. The Balaban J connectivity index is 2.61. The normalized spacial score (nSPS) is 10.4. The van der Waals surface area contributed by atoms with E-state index in [2.05, 4.69) is 5.10 Å². The Hall–Kier alpha value is -2.11. The first-order valence-corrected chi connectivity index (χ1v) is 4.59. The lowest BCUT2D eigenvalue weighted by molar-refractivity contribution is 0.362. The molecule has 5 nitrogen and oxygen atoms in total. The van der Waals surface area contributed by atoms with E-state index < -0.39 is 5.82 Å². The fourth-order valence-electron chi connectivity index (χ4n) is 1.37. The van der Waals surface area contributed by atoms with Crippen molar-refractivity contribution in [2.24, 2.45) is 7.05 Å². The van der Waals surface area contributed by atoms with Gasteiger partial charge < -0.3 is 4.74 Å². The third-order valence-electron chi connectivity index (χ3n) is 2.18. The topological polar surface area (TPSA) is 49.1 Å². The number of nitrogens with zero attached hydrogens (tertiary/aromatic N) is 3. The lowest BCUT2D eigenvalue weighted by Crippen LogP contribution is -2.21. The summed E-state index contributed by atoms with van der Waals surface area (Å²) >= 11 is 0. The molecule has 0 aliphatic carbocycles. The van der Waals surface area contributed by atoms with Crippen molar-refractivity contribution in [3.8, 4) is 11.7 Å². The van der Waals surface area contributed by atoms with Crippen molar-refractivity contribution in [1.29, 1.82) is 0 Å². The molecule has 6 heteroatoms. The molecular weight excluding hydrogens is 213 g/mol. The zero-order valence-electron chi connectivity index (χ0n) is 8.85. The van der Waals surface area contributed by atoms with Crippen LogP contribution in [0.3, 0.4) is 0 Å². The van der Waals surface area contributed by atoms with Crippen LogP contribution >= 0.6 is 0 Å². The maximum atomic E-state index is 13.0. The van der Waals surface area contributed by atoms with Gasteiger partial charge in [0, 0.05) is 7.05 Å². The molecule has 0 amide bonds. The standard InChI is InChI=1S/C10H10FN3O2/c1-13-9(16-2)12-14(10(13)15)8-5-3-4-7(11)6-8/h3-6H,1-2H3. The van der Waals surface area contributed by atoms with Crippen molar-refractivity contribution in [3.63, 3.8) is 0 Å². The highest BCUT2D eigenvalue weighted by atomic mass is 19.1. The van der Waals surface area contributed by atoms with Crippen molar-refractivity contribution in [3.05, 3.63) is 40.6 Å². The van der Waals surface area contributed by atoms with Gasteiger partial charge in [-0.1, -0.05) is 6.07 Å². The number of hydrogen-bond acceptors (Lipinski definition) is 3. The summed E-state index contributed by atoms with van der Waals surface area (Å²) in [4.78, 5) is 11.7. The molecule has 1 aromatic carbocycles. The van der Waals surface area contributed by atoms with E-state index in [9.17, 15) is 9.18 Å². The number of ether oxygens (including phenoxy) is 1. The Bertz CT molecular complexity index is 574. The molecule has 0 saturated carbocycles. The van der Waals surface area contributed by atoms with Crippen LogP contribution in [0, 0.1) is 5.82 Å². The minimum absolute atomic E-state index is 0.175. The average Bonchev–Trinajstić information content (AvgIpc) is 2.56. The second-order valence-corrected chi connectivity index (χ2v) is 3.22. The van der Waals surface area contributed by atoms with Crippen LogP contribution in [0.25, 0.3) is 5.69 Å². The molecule has 0 atom stereocenters. The van der Waals surface area contributed by atoms with E-state index in [0.717, 1.165) is 4.68 Å². The van der Waals surface area contributed by atoms with Crippen LogP contribution in [-0.4, -0.2) is 21.5 Å². The summed E-state index contributed by atoms with van der Waals surface area (Å²) < 4.78 is 20.2. The van der Waals surface area contributed by atoms with E-state index >= 15 is 0 Å². The maximum absolute atomic E-state index is 13.0. The highest BCUT2D eigenvalue weighted by molar-refractivity contribution is 5.30. The Labute approximate surface area is 90.7 Å². The van der Waals surface area contributed by atoms with E-state index in [1.807, 2.05) is 0 Å². The summed E-state index contributed by atoms with van der Waals surface area (Å²) in [6.07, 6.45) is 0. The van der Waals surface area contributed by atoms with Crippen molar-refractivity contribution >= 4 is 0 Å². The van der Waals surface area contributed by atoms with Crippen molar-refractivity contribution in [2.75, 3.05) is 7.11 Å². The van der Waals surface area contributed by atoms with Gasteiger partial charge in [-0.2, -0.15) is 4.68 Å². The molecule has 16 heavy (non-hydrogen) atoms. The van der Waals surface area contributed by atoms with Crippen molar-refractivity contribution < 1.29 is 9.13 Å². The van der Waals surface area contributed by atoms with Gasteiger partial charge in [-0.25, -0.2) is 13.8 Å². The van der Waals surface area contributed by atoms with E-state index in [1.54, 1.807) is 6.07 Å². The molecule has 2 rings (SSSR count). The molecule has 0 N–H and O–H groups in total. The number of hydrogen-bond donors (Lipinski definition) is 0. The largest absolute Gasteiger partial charge is 0.467 e. The minimum atomic E-state index is -0.422. The highest BCUT2D eigenvalue weighted by Crippen LogP contribution is 2.08. The fourth-order valence-corrected chi connectivity index (χ4v) is 1.37. The predicted molar refractivity (Wildman–Crippen MR) is 55.3 cm³/mol. The van der Waals surface area contributed by atoms with Crippen LogP contribution in [0.15, 0.2) is 29.1 Å². The quantitative estimate of drug-likeness (QED) is 0.753. The van der Waals surface area contributed by atoms with Gasteiger partial charge in [0.1, 0.15) is 5.82 Å². The zero-order chi connectivity index (χ0) is 11.7. The fraction of sp³-hybridized carbons (Fsp3) is 0.200. The lowest BCUT2D eigenvalue weighted by atomic mass is 10.3. The first-order valence-electron chi connectivity index (χ1n) is 4.59. The molecule has 0 bridgehead atoms. The molecule has 0 saturated heterocycles. The molecule has 0 radical (unpaired) electrons. The first-order chi connectivity index (χ1) is 7.63. The Morgan fingerprint density at radius 2 is 2.19 bits per heavy atom. The van der Waals surface area contributed by atoms with Crippen LogP contribution < -0.4 is 10.4 Å². The molecular formula is C10H10FN3O2. The number of methoxy groups -OCH3 is 1. The molecule has 84 valence electrons. The van der Waals surface area contributed by atoms with E-state index in [4.69, 9.17) is 4.74 Å². The molecule has 0 spiro atoms. The second kappa shape index (κ2) is 3.80. The molecule has 1 aromatic heterocycles. The number of rotatable bonds is 2. The van der Waals surface area contributed by atoms with Gasteiger partial charge >= 0.3 is 11.7 Å². The number of benzene rings is 1.